The summed E-state index contributed by atoms with van der Waals surface area (Å²) in [6.45, 7) is 29.8. The maximum Gasteiger partial charge on any atom is 0.162 e. The number of likely N-dealkylation sites (tertiary alicyclic amines) is 1. The van der Waals surface area contributed by atoms with Gasteiger partial charge in [-0.2, -0.15) is 20.4 Å². The average molecular weight is 1640 g/mol. The Morgan fingerprint density at radius 1 is 0.443 bits per heavy atom. The number of hydrogen-bond acceptors (Lipinski definition) is 24. The summed E-state index contributed by atoms with van der Waals surface area (Å²) in [5, 5.41) is 22.5. The number of ether oxygens (including phenoxy) is 4. The Hall–Kier alpha value is -12.4. The average Bonchev–Trinajstić information content (AvgIpc) is 1.18. The van der Waals surface area contributed by atoms with Gasteiger partial charge in [-0.25, -0.2) is 42.4 Å². The number of aromatic nitrogens is 16. The highest BCUT2D eigenvalue weighted by Crippen LogP contribution is 2.43. The molecule has 0 radical (unpaired) electrons. The largest absolute Gasteiger partial charge is 0.496 e. The van der Waals surface area contributed by atoms with Gasteiger partial charge in [0.15, 0.2) is 22.6 Å². The van der Waals surface area contributed by atoms with E-state index in [9.17, 15) is 4.39 Å². The number of aryl methyl sites for hydroxylation is 5. The van der Waals surface area contributed by atoms with Gasteiger partial charge < -0.3 is 48.3 Å². The van der Waals surface area contributed by atoms with E-state index in [2.05, 4.69) is 175 Å². The highest BCUT2D eigenvalue weighted by Gasteiger charge is 2.50. The number of likely N-dealkylation sites (N-methyl/N-ethyl adjacent to an activating group) is 1. The molecule has 19 heterocycles. The van der Waals surface area contributed by atoms with Crippen LogP contribution in [0.3, 0.4) is 0 Å². The highest BCUT2D eigenvalue weighted by atomic mass is 19.1. The van der Waals surface area contributed by atoms with Crippen molar-refractivity contribution in [1.82, 2.24) is 97.9 Å². The molecule has 0 N–H and O–H groups in total. The zero-order valence-corrected chi connectivity index (χ0v) is 70.4. The number of morpholine rings is 2. The van der Waals surface area contributed by atoms with Gasteiger partial charge in [0, 0.05) is 183 Å². The number of benzene rings is 4. The van der Waals surface area contributed by atoms with E-state index < -0.39 is 0 Å². The normalized spacial score (nSPS) is 17.2. The van der Waals surface area contributed by atoms with Crippen molar-refractivity contribution in [2.24, 2.45) is 5.41 Å². The third kappa shape index (κ3) is 15.1. The highest BCUT2D eigenvalue weighted by molar-refractivity contribution is 6.02. The fourth-order valence-electron chi connectivity index (χ4n) is 18.4. The minimum Gasteiger partial charge on any atom is -0.496 e. The minimum atomic E-state index is -0.318. The van der Waals surface area contributed by atoms with Gasteiger partial charge in [0.1, 0.15) is 17.1 Å². The first-order valence-electron chi connectivity index (χ1n) is 42.1. The van der Waals surface area contributed by atoms with Gasteiger partial charge in [-0.15, -0.1) is 0 Å². The Bertz CT molecular complexity index is 6600. The molecule has 12 aromatic heterocycles. The minimum absolute atomic E-state index is 0.278. The zero-order valence-electron chi connectivity index (χ0n) is 70.4. The van der Waals surface area contributed by atoms with Crippen molar-refractivity contribution < 1.29 is 23.3 Å². The molecule has 7 fully saturated rings. The molecule has 16 aromatic rings. The Kier molecular flexibility index (Phi) is 20.9. The van der Waals surface area contributed by atoms with Gasteiger partial charge in [0.05, 0.1) is 160 Å². The van der Waals surface area contributed by atoms with Crippen LogP contribution in [-0.2, 0) is 14.2 Å². The summed E-state index contributed by atoms with van der Waals surface area (Å²) >= 11 is 0. The van der Waals surface area contributed by atoms with E-state index in [1.54, 1.807) is 19.4 Å². The molecule has 7 aliphatic heterocycles. The van der Waals surface area contributed by atoms with E-state index in [0.717, 1.165) is 269 Å². The fourth-order valence-corrected chi connectivity index (χ4v) is 18.4. The maximum atomic E-state index is 14.3. The smallest absolute Gasteiger partial charge is 0.162 e. The first-order chi connectivity index (χ1) is 59.5. The molecule has 0 atom stereocenters. The molecule has 0 aliphatic carbocycles. The monoisotopic (exact) mass is 1630 g/mol. The van der Waals surface area contributed by atoms with E-state index in [1.807, 2.05) is 137 Å². The van der Waals surface area contributed by atoms with Crippen LogP contribution in [0, 0.1) is 45.9 Å². The van der Waals surface area contributed by atoms with Crippen LogP contribution in [0.5, 0.6) is 5.75 Å². The first kappa shape index (κ1) is 78.2. The van der Waals surface area contributed by atoms with Crippen LogP contribution in [0.25, 0.3) is 111 Å². The Morgan fingerprint density at radius 3 is 1.40 bits per heavy atom. The SMILES string of the molecule is COc1cc2c(-c3cnn4cc(N5CC(OCCN(C)C)C5)cnc34)ccnc2cc1C.Cc1cc(-c2cnn3cc(N4CC(N5CCOCC5)C4)cnc23)c2cccc(F)c2n1.Cc1cc(-c2cnn3cc(N4CC5(CN(C)C5)C4)cnc23)c2ccccc2n1.Cc1cc2nccc(-c3cnn4cc(N5CC(N6CCOCC6)C5)cnc34)c2cc1C. The zero-order chi connectivity index (χ0) is 83.0. The molecule has 29 heteroatoms. The number of para-hydroxylation sites is 2. The van der Waals surface area contributed by atoms with E-state index in [4.69, 9.17) is 38.9 Å². The summed E-state index contributed by atoms with van der Waals surface area (Å²) in [5.41, 5.74) is 25.0. The second-order valence-electron chi connectivity index (χ2n) is 34.0. The predicted molar refractivity (Wildman–Crippen MR) is 475 cm³/mol. The number of fused-ring (bicyclic) bond motifs is 8. The molecular weight excluding hydrogens is 1540 g/mol. The standard InChI is InChI=1S/C24H28N6O2.C24H26N6O.C23H23FN6O.C22H22N6/c1-16-9-22-20(10-23(16)31-4)19(5-6-25-22)21-12-27-30-13-17(11-26-24(21)30)29-14-18(15-29)32-8-7-28(2)3;1-16-9-21-20(3-4-25-23(21)10-17(16)2)22-12-27-30-15-18(11-26-24(22)30)29-13-19(14-29)28-5-7-31-8-6-28;1-15-9-19(18-3-2-4-21(24)22(18)27-15)20-11-26-30-14-16(10-25-23(20)30)29-12-17(13-29)28-5-7-31-8-6-28;1-15-7-18(17-5-3-4-6-20(17)25-15)19-9-24-28-10-16(8-23-21(19)28)27-13-22(14-27)11-26(2)12-22/h5-6,9-13,18H,7-8,14-15H2,1-4H3;3-4,9-12,15,19H,5-8,13-14H2,1-2H3;2-4,9-11,14,17H,5-8,12-13H2,1H3;3-10H,11-14H2,1-2H3. The van der Waals surface area contributed by atoms with E-state index in [1.165, 1.54) is 30.3 Å². The molecular formula is C93H99FN24O4. The number of hydrogen-bond donors (Lipinski definition) is 0. The third-order valence-corrected chi connectivity index (χ3v) is 25.2. The van der Waals surface area contributed by atoms with Gasteiger partial charge in [-0.05, 0) is 155 Å². The maximum absolute atomic E-state index is 14.3. The van der Waals surface area contributed by atoms with Crippen molar-refractivity contribution >= 4 is 88.9 Å². The van der Waals surface area contributed by atoms with Gasteiger partial charge in [-0.3, -0.25) is 29.7 Å². The van der Waals surface area contributed by atoms with Crippen molar-refractivity contribution in [2.45, 2.75) is 52.8 Å². The Morgan fingerprint density at radius 2 is 0.893 bits per heavy atom. The second kappa shape index (κ2) is 32.6. The van der Waals surface area contributed by atoms with Gasteiger partial charge >= 0.3 is 0 Å². The summed E-state index contributed by atoms with van der Waals surface area (Å²) in [6, 6.07) is 31.1. The summed E-state index contributed by atoms with van der Waals surface area (Å²) in [6.07, 6.45) is 27.6. The van der Waals surface area contributed by atoms with Crippen molar-refractivity contribution in [2.75, 3.05) is 179 Å². The van der Waals surface area contributed by atoms with Crippen molar-refractivity contribution in [3.05, 3.63) is 212 Å². The molecule has 622 valence electrons. The molecule has 28 nitrogen and oxygen atoms in total. The Balaban J connectivity index is 0.000000104. The van der Waals surface area contributed by atoms with E-state index in [0.29, 0.717) is 23.0 Å². The second-order valence-corrected chi connectivity index (χ2v) is 34.0. The molecule has 0 amide bonds. The van der Waals surface area contributed by atoms with Crippen LogP contribution >= 0.6 is 0 Å². The molecule has 0 bridgehead atoms. The number of rotatable bonds is 15. The molecule has 23 rings (SSSR count). The van der Waals surface area contributed by atoms with Crippen molar-refractivity contribution in [3.8, 4) is 50.3 Å². The number of halogens is 1. The number of methoxy groups -OCH3 is 1. The number of pyridine rings is 4. The van der Waals surface area contributed by atoms with Crippen LogP contribution in [0.2, 0.25) is 0 Å². The summed E-state index contributed by atoms with van der Waals surface area (Å²) in [4.78, 5) is 56.2. The first-order valence-corrected chi connectivity index (χ1v) is 42.1. The van der Waals surface area contributed by atoms with Crippen LogP contribution in [0.1, 0.15) is 28.1 Å². The molecule has 1 spiro atoms. The lowest BCUT2D eigenvalue weighted by molar-refractivity contribution is -0.00246. The number of anilines is 4. The molecule has 7 saturated heterocycles. The predicted octanol–water partition coefficient (Wildman–Crippen LogP) is 12.0. The van der Waals surface area contributed by atoms with Gasteiger partial charge in [-0.1, -0.05) is 30.3 Å². The van der Waals surface area contributed by atoms with E-state index in [-0.39, 0.29) is 11.9 Å². The quantitative estimate of drug-likeness (QED) is 0.0927. The molecule has 0 unspecified atom stereocenters. The summed E-state index contributed by atoms with van der Waals surface area (Å²) in [7, 11) is 8.00. The molecule has 7 aliphatic rings. The summed E-state index contributed by atoms with van der Waals surface area (Å²) < 4.78 is 44.2. The lowest BCUT2D eigenvalue weighted by atomic mass is 9.73. The topological polar surface area (TPSA) is 235 Å². The van der Waals surface area contributed by atoms with Crippen molar-refractivity contribution in [3.63, 3.8) is 0 Å². The lowest BCUT2D eigenvalue weighted by Gasteiger charge is -2.60. The van der Waals surface area contributed by atoms with Gasteiger partial charge in [0.25, 0.3) is 0 Å². The van der Waals surface area contributed by atoms with Crippen LogP contribution < -0.4 is 24.3 Å². The van der Waals surface area contributed by atoms with Crippen LogP contribution in [0.4, 0.5) is 27.1 Å². The Labute approximate surface area is 705 Å². The van der Waals surface area contributed by atoms with Gasteiger partial charge in [0.2, 0.25) is 0 Å². The van der Waals surface area contributed by atoms with Crippen LogP contribution in [0.15, 0.2) is 178 Å². The molecule has 4 aromatic carbocycles. The molecule has 122 heavy (non-hydrogen) atoms. The lowest BCUT2D eigenvalue weighted by Crippen LogP contribution is -2.71. The number of nitrogens with zero attached hydrogens (tertiary/aromatic N) is 24. The van der Waals surface area contributed by atoms with Crippen LogP contribution in [-0.4, -0.2) is 276 Å². The molecule has 0 saturated carbocycles. The van der Waals surface area contributed by atoms with E-state index >= 15 is 0 Å². The fraction of sp³-hybridized carbons (Fsp3) is 0.355. The summed E-state index contributed by atoms with van der Waals surface area (Å²) in [5.74, 6) is 0.528. The third-order valence-electron chi connectivity index (χ3n) is 25.2. The van der Waals surface area contributed by atoms with Crippen molar-refractivity contribution in [1.29, 1.82) is 0 Å².